The zero-order valence-electron chi connectivity index (χ0n) is 29.1. The number of benzene rings is 2. The lowest BCUT2D eigenvalue weighted by Crippen LogP contribution is -2.53. The molecule has 254 valence electrons. The Morgan fingerprint density at radius 3 is 2.35 bits per heavy atom. The molecular formula is C41H49N7O. The number of likely N-dealkylation sites (tertiary alicyclic amines) is 1. The maximum absolute atomic E-state index is 13.6. The van der Waals surface area contributed by atoms with Gasteiger partial charge >= 0.3 is 0 Å². The Hall–Kier alpha value is -4.82. The minimum Gasteiger partial charge on any atom is -0.368 e. The van der Waals surface area contributed by atoms with Gasteiger partial charge in [-0.25, -0.2) is 9.97 Å². The van der Waals surface area contributed by atoms with Gasteiger partial charge in [0.2, 0.25) is 5.91 Å². The van der Waals surface area contributed by atoms with Crippen molar-refractivity contribution in [2.45, 2.75) is 46.0 Å². The fourth-order valence-corrected chi connectivity index (χ4v) is 7.33. The van der Waals surface area contributed by atoms with Crippen molar-refractivity contribution < 1.29 is 4.79 Å². The summed E-state index contributed by atoms with van der Waals surface area (Å²) >= 11 is 0. The Morgan fingerprint density at radius 1 is 0.857 bits per heavy atom. The first-order valence-electron chi connectivity index (χ1n) is 17.7. The van der Waals surface area contributed by atoms with Crippen molar-refractivity contribution in [2.24, 2.45) is 5.41 Å². The van der Waals surface area contributed by atoms with Gasteiger partial charge in [0, 0.05) is 85.1 Å². The number of nitrogens with zero attached hydrogens (tertiary/aromatic N) is 6. The van der Waals surface area contributed by atoms with E-state index in [1.54, 1.807) is 12.4 Å². The standard InChI is InChI=1S/C41H49N7O/c1-5-17-41(32(4)45-37-11-7-10-34(28-37)31(3)35-16-21-42-36(6-2)27-35)18-8-22-46(30-41)29-39(49)48-25-23-47(24-26-48)38-14-12-33(13-15-38)40-43-19-9-20-44-40/h7,9-16,19-21,27-28,45H,3-6,8,17-18,22-26,29-30H2,1-2H3. The van der Waals surface area contributed by atoms with E-state index in [0.717, 1.165) is 122 Å². The highest BCUT2D eigenvalue weighted by Gasteiger charge is 2.38. The summed E-state index contributed by atoms with van der Waals surface area (Å²) in [5.74, 6) is 0.947. The first-order chi connectivity index (χ1) is 23.9. The van der Waals surface area contributed by atoms with E-state index in [-0.39, 0.29) is 11.3 Å². The average molecular weight is 656 g/mol. The lowest BCUT2D eigenvalue weighted by molar-refractivity contribution is -0.133. The second kappa shape index (κ2) is 15.6. The van der Waals surface area contributed by atoms with Gasteiger partial charge in [-0.05, 0) is 104 Å². The van der Waals surface area contributed by atoms with Crippen molar-refractivity contribution in [3.05, 3.63) is 121 Å². The monoisotopic (exact) mass is 655 g/mol. The molecule has 1 atom stereocenters. The van der Waals surface area contributed by atoms with Gasteiger partial charge in [0.25, 0.3) is 0 Å². The molecule has 0 aliphatic carbocycles. The van der Waals surface area contributed by atoms with Gasteiger partial charge < -0.3 is 15.1 Å². The summed E-state index contributed by atoms with van der Waals surface area (Å²) in [6, 6.07) is 22.8. The third kappa shape index (κ3) is 8.08. The molecule has 2 aromatic carbocycles. The molecule has 0 saturated carbocycles. The van der Waals surface area contributed by atoms with E-state index in [2.05, 4.69) is 112 Å². The van der Waals surface area contributed by atoms with Crippen LogP contribution in [0.1, 0.15) is 56.4 Å². The molecule has 1 N–H and O–H groups in total. The molecule has 8 heteroatoms. The smallest absolute Gasteiger partial charge is 0.236 e. The van der Waals surface area contributed by atoms with Crippen LogP contribution < -0.4 is 10.2 Å². The molecule has 6 rings (SSSR count). The molecule has 4 aromatic rings. The molecule has 2 aliphatic rings. The Labute approximate surface area is 291 Å². The van der Waals surface area contributed by atoms with Crippen molar-refractivity contribution in [2.75, 3.05) is 56.0 Å². The van der Waals surface area contributed by atoms with E-state index >= 15 is 0 Å². The van der Waals surface area contributed by atoms with E-state index in [1.807, 2.05) is 23.2 Å². The van der Waals surface area contributed by atoms with Crippen LogP contribution in [0, 0.1) is 5.41 Å². The molecular weight excluding hydrogens is 606 g/mol. The molecule has 2 aromatic heterocycles. The summed E-state index contributed by atoms with van der Waals surface area (Å²) in [5.41, 5.74) is 8.32. The number of hydrogen-bond acceptors (Lipinski definition) is 7. The molecule has 0 bridgehead atoms. The molecule has 8 nitrogen and oxygen atoms in total. The second-order valence-corrected chi connectivity index (χ2v) is 13.4. The average Bonchev–Trinajstić information content (AvgIpc) is 3.15. The van der Waals surface area contributed by atoms with E-state index in [4.69, 9.17) is 0 Å². The van der Waals surface area contributed by atoms with Crippen LogP contribution in [-0.4, -0.2) is 76.5 Å². The lowest BCUT2D eigenvalue weighted by Gasteiger charge is -2.45. The first-order valence-corrected chi connectivity index (χ1v) is 17.7. The number of carbonyl (C=O) groups excluding carboxylic acids is 1. The van der Waals surface area contributed by atoms with Crippen molar-refractivity contribution in [3.8, 4) is 11.4 Å². The first kappa shape index (κ1) is 34.1. The van der Waals surface area contributed by atoms with Gasteiger partial charge in [0.15, 0.2) is 5.82 Å². The number of piperazine rings is 1. The topological polar surface area (TPSA) is 77.5 Å². The molecule has 1 unspecified atom stereocenters. The number of nitrogens with one attached hydrogen (secondary N) is 1. The number of amides is 1. The number of piperidine rings is 1. The highest BCUT2D eigenvalue weighted by molar-refractivity contribution is 5.80. The van der Waals surface area contributed by atoms with E-state index in [0.29, 0.717) is 6.54 Å². The third-order valence-corrected chi connectivity index (χ3v) is 10.1. The van der Waals surface area contributed by atoms with Gasteiger partial charge in [-0.15, -0.1) is 0 Å². The summed E-state index contributed by atoms with van der Waals surface area (Å²) in [7, 11) is 0. The van der Waals surface area contributed by atoms with E-state index in [1.165, 1.54) is 0 Å². The minimum atomic E-state index is -0.100. The molecule has 0 radical (unpaired) electrons. The Balaban J connectivity index is 1.05. The van der Waals surface area contributed by atoms with Crippen LogP contribution in [0.15, 0.2) is 104 Å². The van der Waals surface area contributed by atoms with Crippen molar-refractivity contribution in [1.29, 1.82) is 0 Å². The van der Waals surface area contributed by atoms with E-state index in [9.17, 15) is 4.79 Å². The summed E-state index contributed by atoms with van der Waals surface area (Å²) in [4.78, 5) is 33.5. The van der Waals surface area contributed by atoms with Crippen LogP contribution in [0.5, 0.6) is 0 Å². The van der Waals surface area contributed by atoms with Gasteiger partial charge in [0.1, 0.15) is 0 Å². The van der Waals surface area contributed by atoms with Crippen LogP contribution in [0.2, 0.25) is 0 Å². The summed E-state index contributed by atoms with van der Waals surface area (Å²) in [5, 5.41) is 3.69. The number of aryl methyl sites for hydroxylation is 1. The third-order valence-electron chi connectivity index (χ3n) is 10.1. The van der Waals surface area contributed by atoms with Gasteiger partial charge in [-0.3, -0.25) is 14.7 Å². The van der Waals surface area contributed by atoms with Crippen molar-refractivity contribution in [3.63, 3.8) is 0 Å². The fourth-order valence-electron chi connectivity index (χ4n) is 7.33. The highest BCUT2D eigenvalue weighted by Crippen LogP contribution is 2.41. The van der Waals surface area contributed by atoms with Crippen LogP contribution >= 0.6 is 0 Å². The van der Waals surface area contributed by atoms with Crippen molar-refractivity contribution >= 4 is 22.9 Å². The summed E-state index contributed by atoms with van der Waals surface area (Å²) < 4.78 is 0. The van der Waals surface area contributed by atoms with Crippen LogP contribution in [0.25, 0.3) is 17.0 Å². The molecule has 2 aliphatic heterocycles. The maximum atomic E-state index is 13.6. The molecule has 2 saturated heterocycles. The number of hydrogen-bond donors (Lipinski definition) is 1. The van der Waals surface area contributed by atoms with Crippen LogP contribution in [-0.2, 0) is 11.2 Å². The largest absolute Gasteiger partial charge is 0.368 e. The Kier molecular flexibility index (Phi) is 10.8. The zero-order chi connectivity index (χ0) is 34.2. The second-order valence-electron chi connectivity index (χ2n) is 13.4. The maximum Gasteiger partial charge on any atom is 0.236 e. The molecule has 49 heavy (non-hydrogen) atoms. The minimum absolute atomic E-state index is 0.100. The van der Waals surface area contributed by atoms with Gasteiger partial charge in [0.05, 0.1) is 6.54 Å². The normalized spacial score (nSPS) is 18.2. The molecule has 4 heterocycles. The Morgan fingerprint density at radius 2 is 1.61 bits per heavy atom. The molecule has 1 amide bonds. The van der Waals surface area contributed by atoms with Gasteiger partial charge in [-0.2, -0.15) is 0 Å². The quantitative estimate of drug-likeness (QED) is 0.171. The molecule has 0 spiro atoms. The summed E-state index contributed by atoms with van der Waals surface area (Å²) in [6.07, 6.45) is 10.5. The lowest BCUT2D eigenvalue weighted by atomic mass is 9.73. The number of rotatable bonds is 12. The number of pyridine rings is 1. The SMILES string of the molecule is C=C(c1cccc(NC(=C)C2(CCC)CCCN(CC(=O)N3CCN(c4ccc(-c5ncccn5)cc4)CC3)C2)c1)c1ccnc(CC)c1. The predicted octanol–water partition coefficient (Wildman–Crippen LogP) is 7.32. The highest BCUT2D eigenvalue weighted by atomic mass is 16.2. The van der Waals surface area contributed by atoms with Crippen LogP contribution in [0.3, 0.4) is 0 Å². The fraction of sp³-hybridized carbons (Fsp3) is 0.366. The van der Waals surface area contributed by atoms with Gasteiger partial charge in [-0.1, -0.05) is 45.6 Å². The van der Waals surface area contributed by atoms with E-state index < -0.39 is 0 Å². The number of anilines is 2. The molecule has 2 fully saturated rings. The van der Waals surface area contributed by atoms with Crippen molar-refractivity contribution in [1.82, 2.24) is 24.8 Å². The Bertz CT molecular complexity index is 1740. The van der Waals surface area contributed by atoms with Crippen LogP contribution in [0.4, 0.5) is 11.4 Å². The predicted molar refractivity (Wildman–Crippen MR) is 200 cm³/mol. The number of carbonyl (C=O) groups is 1. The summed E-state index contributed by atoms with van der Waals surface area (Å²) in [6.45, 7) is 18.7. The number of aromatic nitrogens is 3. The zero-order valence-corrected chi connectivity index (χ0v) is 29.1.